The molecule has 0 amide bonds. The van der Waals surface area contributed by atoms with E-state index in [4.69, 9.17) is 10.2 Å². The first kappa shape index (κ1) is 7.03. The van der Waals surface area contributed by atoms with Crippen molar-refractivity contribution >= 4 is 0 Å². The van der Waals surface area contributed by atoms with Gasteiger partial charge in [0.2, 0.25) is 0 Å². The molecule has 2 N–H and O–H groups in total. The van der Waals surface area contributed by atoms with Gasteiger partial charge in [-0.05, 0) is 18.3 Å². The summed E-state index contributed by atoms with van der Waals surface area (Å²) in [5.41, 5.74) is 0. The Bertz CT molecular complexity index is 101. The Morgan fingerprint density at radius 2 is 1.89 bits per heavy atom. The van der Waals surface area contributed by atoms with Crippen molar-refractivity contribution in [3.63, 3.8) is 0 Å². The van der Waals surface area contributed by atoms with Gasteiger partial charge in [0, 0.05) is 0 Å². The highest BCUT2D eigenvalue weighted by Gasteiger charge is 2.39. The van der Waals surface area contributed by atoms with E-state index in [1.54, 1.807) is 0 Å². The highest BCUT2D eigenvalue weighted by Crippen LogP contribution is 2.33. The fourth-order valence-electron chi connectivity index (χ4n) is 1.31. The molecule has 0 aromatic rings. The molecule has 0 radical (unpaired) electrons. The zero-order chi connectivity index (χ0) is 7.02. The van der Waals surface area contributed by atoms with Crippen LogP contribution in [0.5, 0.6) is 0 Å². The summed E-state index contributed by atoms with van der Waals surface area (Å²) in [6, 6.07) is 0. The van der Waals surface area contributed by atoms with Crippen molar-refractivity contribution < 1.29 is 10.2 Å². The lowest BCUT2D eigenvalue weighted by molar-refractivity contribution is -0.116. The Morgan fingerprint density at radius 1 is 1.33 bits per heavy atom. The van der Waals surface area contributed by atoms with E-state index in [1.807, 2.05) is 0 Å². The van der Waals surface area contributed by atoms with Gasteiger partial charge in [0.15, 0.2) is 0 Å². The Kier molecular flexibility index (Phi) is 1.78. The molecule has 0 aliphatic heterocycles. The molecule has 0 bridgehead atoms. The fraction of sp³-hybridized carbons (Fsp3) is 1.00. The highest BCUT2D eigenvalue weighted by molar-refractivity contribution is 4.90. The first-order chi connectivity index (χ1) is 4.13. The first-order valence-corrected chi connectivity index (χ1v) is 3.49. The monoisotopic (exact) mass is 130 g/mol. The lowest BCUT2D eigenvalue weighted by Crippen LogP contribution is -2.48. The van der Waals surface area contributed by atoms with Crippen LogP contribution in [0.25, 0.3) is 0 Å². The molecule has 0 aromatic heterocycles. The van der Waals surface area contributed by atoms with Crippen LogP contribution in [0.15, 0.2) is 0 Å². The molecule has 2 heteroatoms. The number of hydrogen-bond donors (Lipinski definition) is 2. The molecule has 1 rings (SSSR count). The number of aliphatic hydroxyl groups is 2. The lowest BCUT2D eigenvalue weighted by atomic mass is 9.72. The molecular weight excluding hydrogens is 116 g/mol. The van der Waals surface area contributed by atoms with Gasteiger partial charge < -0.3 is 10.2 Å². The van der Waals surface area contributed by atoms with Gasteiger partial charge >= 0.3 is 0 Å². The lowest BCUT2D eigenvalue weighted by Gasteiger charge is -2.40. The van der Waals surface area contributed by atoms with Crippen LogP contribution < -0.4 is 0 Å². The van der Waals surface area contributed by atoms with Crippen molar-refractivity contribution in [2.24, 2.45) is 11.8 Å². The molecular formula is C7H14O2. The standard InChI is InChI=1S/C7H14O2/c1-4(2)5-3-6(8)7(5)9/h4-9H,3H2,1-2H3. The first-order valence-electron chi connectivity index (χ1n) is 3.49. The van der Waals surface area contributed by atoms with Gasteiger partial charge in [-0.1, -0.05) is 13.8 Å². The summed E-state index contributed by atoms with van der Waals surface area (Å²) in [5, 5.41) is 18.0. The van der Waals surface area contributed by atoms with Crippen molar-refractivity contribution in [2.75, 3.05) is 0 Å². The largest absolute Gasteiger partial charge is 0.390 e. The minimum Gasteiger partial charge on any atom is -0.390 e. The number of rotatable bonds is 1. The maximum Gasteiger partial charge on any atom is 0.0830 e. The van der Waals surface area contributed by atoms with Gasteiger partial charge in [0.25, 0.3) is 0 Å². The predicted molar refractivity (Wildman–Crippen MR) is 35.0 cm³/mol. The van der Waals surface area contributed by atoms with E-state index in [0.717, 1.165) is 6.42 Å². The molecule has 1 aliphatic carbocycles. The summed E-state index contributed by atoms with van der Waals surface area (Å²) in [4.78, 5) is 0. The zero-order valence-corrected chi connectivity index (χ0v) is 5.91. The zero-order valence-electron chi connectivity index (χ0n) is 5.91. The summed E-state index contributed by atoms with van der Waals surface area (Å²) in [6.45, 7) is 4.14. The smallest absolute Gasteiger partial charge is 0.0830 e. The topological polar surface area (TPSA) is 40.5 Å². The molecule has 0 heterocycles. The van der Waals surface area contributed by atoms with Crippen molar-refractivity contribution in [2.45, 2.75) is 32.5 Å². The average molecular weight is 130 g/mol. The molecule has 0 spiro atoms. The molecule has 1 fully saturated rings. The van der Waals surface area contributed by atoms with E-state index >= 15 is 0 Å². The molecule has 1 saturated carbocycles. The van der Waals surface area contributed by atoms with Gasteiger partial charge in [-0.3, -0.25) is 0 Å². The summed E-state index contributed by atoms with van der Waals surface area (Å²) in [6.07, 6.45) is -0.124. The Labute approximate surface area is 55.5 Å². The van der Waals surface area contributed by atoms with Gasteiger partial charge in [-0.15, -0.1) is 0 Å². The van der Waals surface area contributed by atoms with Crippen molar-refractivity contribution in [1.29, 1.82) is 0 Å². The summed E-state index contributed by atoms with van der Waals surface area (Å²) in [7, 11) is 0. The van der Waals surface area contributed by atoms with Crippen molar-refractivity contribution in [3.05, 3.63) is 0 Å². The van der Waals surface area contributed by atoms with E-state index in [2.05, 4.69) is 13.8 Å². The molecule has 0 saturated heterocycles. The quantitative estimate of drug-likeness (QED) is 0.539. The molecule has 9 heavy (non-hydrogen) atoms. The van der Waals surface area contributed by atoms with Crippen LogP contribution in [0.1, 0.15) is 20.3 Å². The minimum atomic E-state index is -0.454. The summed E-state index contributed by atoms with van der Waals surface area (Å²) >= 11 is 0. The number of aliphatic hydroxyl groups excluding tert-OH is 2. The Hall–Kier alpha value is -0.0800. The van der Waals surface area contributed by atoms with E-state index in [-0.39, 0.29) is 0 Å². The third-order valence-corrected chi connectivity index (χ3v) is 2.20. The summed E-state index contributed by atoms with van der Waals surface area (Å²) in [5.74, 6) is 0.836. The molecule has 1 aliphatic rings. The van der Waals surface area contributed by atoms with Crippen LogP contribution in [0.2, 0.25) is 0 Å². The van der Waals surface area contributed by atoms with Gasteiger partial charge in [-0.2, -0.15) is 0 Å². The molecule has 0 aromatic carbocycles. The van der Waals surface area contributed by atoms with E-state index in [1.165, 1.54) is 0 Å². The van der Waals surface area contributed by atoms with Crippen LogP contribution in [0.3, 0.4) is 0 Å². The maximum atomic E-state index is 9.10. The van der Waals surface area contributed by atoms with Crippen molar-refractivity contribution in [3.8, 4) is 0 Å². The second-order valence-electron chi connectivity index (χ2n) is 3.20. The van der Waals surface area contributed by atoms with Crippen LogP contribution in [-0.2, 0) is 0 Å². The minimum absolute atomic E-state index is 0.333. The third kappa shape index (κ3) is 1.10. The van der Waals surface area contributed by atoms with E-state index in [9.17, 15) is 0 Å². The fourth-order valence-corrected chi connectivity index (χ4v) is 1.31. The average Bonchev–Trinajstić information content (AvgIpc) is 1.81. The van der Waals surface area contributed by atoms with Crippen LogP contribution in [0.4, 0.5) is 0 Å². The highest BCUT2D eigenvalue weighted by atomic mass is 16.3. The van der Waals surface area contributed by atoms with E-state index in [0.29, 0.717) is 11.8 Å². The normalized spacial score (nSPS) is 43.0. The summed E-state index contributed by atoms with van der Waals surface area (Å²) < 4.78 is 0. The second kappa shape index (κ2) is 2.27. The SMILES string of the molecule is CC(C)C1CC(O)C1O. The van der Waals surface area contributed by atoms with Crippen molar-refractivity contribution in [1.82, 2.24) is 0 Å². The Morgan fingerprint density at radius 3 is 2.00 bits per heavy atom. The van der Waals surface area contributed by atoms with Crippen LogP contribution in [0, 0.1) is 11.8 Å². The third-order valence-electron chi connectivity index (χ3n) is 2.20. The van der Waals surface area contributed by atoms with Gasteiger partial charge in [0.1, 0.15) is 0 Å². The number of hydrogen-bond acceptors (Lipinski definition) is 2. The van der Waals surface area contributed by atoms with E-state index < -0.39 is 12.2 Å². The Balaban J connectivity index is 2.33. The van der Waals surface area contributed by atoms with Gasteiger partial charge in [-0.25, -0.2) is 0 Å². The molecule has 54 valence electrons. The van der Waals surface area contributed by atoms with Gasteiger partial charge in [0.05, 0.1) is 12.2 Å². The molecule has 3 atom stereocenters. The maximum absolute atomic E-state index is 9.10. The molecule has 3 unspecified atom stereocenters. The molecule has 2 nitrogen and oxygen atoms in total. The van der Waals surface area contributed by atoms with Crippen LogP contribution >= 0.6 is 0 Å². The predicted octanol–water partition coefficient (Wildman–Crippen LogP) is 0.384. The van der Waals surface area contributed by atoms with Crippen LogP contribution in [-0.4, -0.2) is 22.4 Å². The second-order valence-corrected chi connectivity index (χ2v) is 3.20.